The van der Waals surface area contributed by atoms with E-state index in [2.05, 4.69) is 45.8 Å². The van der Waals surface area contributed by atoms with Gasteiger partial charge in [-0.2, -0.15) is 0 Å². The highest BCUT2D eigenvalue weighted by atomic mass is 15.1. The van der Waals surface area contributed by atoms with E-state index in [-0.39, 0.29) is 0 Å². The van der Waals surface area contributed by atoms with Crippen LogP contribution >= 0.6 is 0 Å². The summed E-state index contributed by atoms with van der Waals surface area (Å²) in [4.78, 5) is 2.84. The number of aryl methyl sites for hydroxylation is 1. The normalized spacial score (nSPS) is 10.1. The summed E-state index contributed by atoms with van der Waals surface area (Å²) in [7, 11) is 0. The van der Waals surface area contributed by atoms with Gasteiger partial charge in [0, 0.05) is 22.0 Å². The molecule has 0 radical (unpaired) electrons. The van der Waals surface area contributed by atoms with Gasteiger partial charge in [-0.15, -0.1) is 0 Å². The molecular weight excluding hydrogens is 260 g/mol. The molecule has 0 aliphatic carbocycles. The van der Waals surface area contributed by atoms with Crippen LogP contribution in [0.4, 0.5) is 5.69 Å². The molecule has 1 heterocycles. The third-order valence-corrected chi connectivity index (χ3v) is 3.39. The number of azide groups is 1. The van der Waals surface area contributed by atoms with Crippen molar-refractivity contribution in [2.24, 2.45) is 5.11 Å². The first-order chi connectivity index (χ1) is 10.3. The zero-order chi connectivity index (χ0) is 14.7. The number of aromatic nitrogens is 1. The molecule has 0 fully saturated rings. The molecule has 0 amide bonds. The van der Waals surface area contributed by atoms with Crippen LogP contribution in [0.15, 0.2) is 71.8 Å². The van der Waals surface area contributed by atoms with Crippen LogP contribution in [0.3, 0.4) is 0 Å². The third kappa shape index (κ3) is 2.53. The van der Waals surface area contributed by atoms with E-state index in [1.54, 1.807) is 6.07 Å². The predicted molar refractivity (Wildman–Crippen MR) is 84.7 cm³/mol. The van der Waals surface area contributed by atoms with Gasteiger partial charge in [-0.25, -0.2) is 0 Å². The fraction of sp³-hybridized carbons (Fsp3) is 0.0588. The van der Waals surface area contributed by atoms with E-state index in [0.717, 1.165) is 22.6 Å². The van der Waals surface area contributed by atoms with Gasteiger partial charge in [-0.3, -0.25) is 0 Å². The minimum absolute atomic E-state index is 0.619. The van der Waals surface area contributed by atoms with Gasteiger partial charge in [0.25, 0.3) is 0 Å². The molecule has 4 nitrogen and oxygen atoms in total. The molecule has 0 N–H and O–H groups in total. The van der Waals surface area contributed by atoms with Gasteiger partial charge in [0.1, 0.15) is 0 Å². The number of rotatable bonds is 3. The summed E-state index contributed by atoms with van der Waals surface area (Å²) in [6, 6.07) is 22.0. The summed E-state index contributed by atoms with van der Waals surface area (Å²) in [5, 5.41) is 3.67. The highest BCUT2D eigenvalue weighted by Crippen LogP contribution is 2.28. The Kier molecular flexibility index (Phi) is 3.46. The molecule has 3 rings (SSSR count). The predicted octanol–water partition coefficient (Wildman–Crippen LogP) is 5.39. The van der Waals surface area contributed by atoms with Crippen molar-refractivity contribution in [3.8, 4) is 16.9 Å². The molecular formula is C17H14N4. The lowest BCUT2D eigenvalue weighted by atomic mass is 10.1. The molecule has 102 valence electrons. The van der Waals surface area contributed by atoms with Gasteiger partial charge in [0.2, 0.25) is 0 Å². The second-order valence-corrected chi connectivity index (χ2v) is 4.77. The van der Waals surface area contributed by atoms with Crippen molar-refractivity contribution in [2.45, 2.75) is 6.92 Å². The van der Waals surface area contributed by atoms with Crippen molar-refractivity contribution in [2.75, 3.05) is 0 Å². The maximum absolute atomic E-state index is 8.57. The second-order valence-electron chi connectivity index (χ2n) is 4.77. The second kappa shape index (κ2) is 5.57. The highest BCUT2D eigenvalue weighted by molar-refractivity contribution is 5.67. The van der Waals surface area contributed by atoms with Crippen molar-refractivity contribution in [1.29, 1.82) is 0 Å². The van der Waals surface area contributed by atoms with Crippen LogP contribution in [0.2, 0.25) is 0 Å². The lowest BCUT2D eigenvalue weighted by Gasteiger charge is -2.12. The van der Waals surface area contributed by atoms with Gasteiger partial charge < -0.3 is 4.57 Å². The first-order valence-electron chi connectivity index (χ1n) is 6.69. The largest absolute Gasteiger partial charge is 0.314 e. The zero-order valence-corrected chi connectivity index (χ0v) is 11.6. The Balaban J connectivity index is 2.16. The Morgan fingerprint density at radius 1 is 0.952 bits per heavy atom. The van der Waals surface area contributed by atoms with E-state index in [0.29, 0.717) is 5.69 Å². The smallest absolute Gasteiger partial charge is 0.0531 e. The van der Waals surface area contributed by atoms with Crippen LogP contribution in [-0.2, 0) is 0 Å². The van der Waals surface area contributed by atoms with E-state index in [9.17, 15) is 0 Å². The number of para-hydroxylation sites is 1. The monoisotopic (exact) mass is 274 g/mol. The molecule has 2 aromatic carbocycles. The molecule has 0 saturated heterocycles. The Bertz CT molecular complexity index is 812. The quantitative estimate of drug-likeness (QED) is 0.349. The molecule has 0 unspecified atom stereocenters. The summed E-state index contributed by atoms with van der Waals surface area (Å²) in [6.07, 6.45) is 0. The van der Waals surface area contributed by atoms with E-state index in [1.165, 1.54) is 0 Å². The van der Waals surface area contributed by atoms with Crippen molar-refractivity contribution in [1.82, 2.24) is 4.57 Å². The molecule has 0 atom stereocenters. The van der Waals surface area contributed by atoms with Gasteiger partial charge in [-0.05, 0) is 48.4 Å². The molecule has 21 heavy (non-hydrogen) atoms. The maximum atomic E-state index is 8.57. The Morgan fingerprint density at radius 3 is 2.52 bits per heavy atom. The molecule has 3 aromatic rings. The van der Waals surface area contributed by atoms with Crippen molar-refractivity contribution in [3.63, 3.8) is 0 Å². The summed E-state index contributed by atoms with van der Waals surface area (Å²) in [5.41, 5.74) is 13.6. The van der Waals surface area contributed by atoms with Gasteiger partial charge in [0.15, 0.2) is 0 Å². The fourth-order valence-corrected chi connectivity index (χ4v) is 2.46. The number of benzene rings is 2. The van der Waals surface area contributed by atoms with Crippen LogP contribution in [0.1, 0.15) is 5.69 Å². The van der Waals surface area contributed by atoms with E-state index < -0.39 is 0 Å². The average molecular weight is 274 g/mol. The standard InChI is InChI=1S/C17H14N4/c1-13-10-11-17(21(13)16-8-3-2-4-9-16)14-6-5-7-15(12-14)19-20-18/h2-12H,1H3. The average Bonchev–Trinajstić information content (AvgIpc) is 2.90. The topological polar surface area (TPSA) is 53.7 Å². The van der Waals surface area contributed by atoms with Crippen LogP contribution in [-0.4, -0.2) is 4.57 Å². The van der Waals surface area contributed by atoms with Crippen molar-refractivity contribution >= 4 is 5.69 Å². The lowest BCUT2D eigenvalue weighted by molar-refractivity contribution is 1.02. The Labute approximate surface area is 122 Å². The Hall–Kier alpha value is -2.97. The highest BCUT2D eigenvalue weighted by Gasteiger charge is 2.09. The summed E-state index contributed by atoms with van der Waals surface area (Å²) >= 11 is 0. The van der Waals surface area contributed by atoms with Gasteiger partial charge in [0.05, 0.1) is 5.69 Å². The molecule has 1 aromatic heterocycles. The minimum atomic E-state index is 0.619. The minimum Gasteiger partial charge on any atom is -0.314 e. The zero-order valence-electron chi connectivity index (χ0n) is 11.6. The van der Waals surface area contributed by atoms with Crippen molar-refractivity contribution in [3.05, 3.63) is 82.9 Å². The van der Waals surface area contributed by atoms with E-state index in [4.69, 9.17) is 5.53 Å². The SMILES string of the molecule is Cc1ccc(-c2cccc(N=[N+]=[N-])c2)n1-c1ccccc1. The maximum Gasteiger partial charge on any atom is 0.0531 e. The summed E-state index contributed by atoms with van der Waals surface area (Å²) in [5.74, 6) is 0. The molecule has 0 bridgehead atoms. The number of nitrogens with zero attached hydrogens (tertiary/aromatic N) is 4. The van der Waals surface area contributed by atoms with Crippen LogP contribution in [0.25, 0.3) is 27.4 Å². The molecule has 0 aliphatic rings. The molecule has 4 heteroatoms. The summed E-state index contributed by atoms with van der Waals surface area (Å²) < 4.78 is 2.19. The van der Waals surface area contributed by atoms with Crippen molar-refractivity contribution < 1.29 is 0 Å². The fourth-order valence-electron chi connectivity index (χ4n) is 2.46. The first-order valence-corrected chi connectivity index (χ1v) is 6.69. The third-order valence-electron chi connectivity index (χ3n) is 3.39. The number of hydrogen-bond acceptors (Lipinski definition) is 1. The molecule has 0 saturated carbocycles. The lowest BCUT2D eigenvalue weighted by Crippen LogP contribution is -1.98. The first kappa shape index (κ1) is 13.0. The Morgan fingerprint density at radius 2 is 1.76 bits per heavy atom. The van der Waals surface area contributed by atoms with Gasteiger partial charge >= 0.3 is 0 Å². The molecule has 0 aliphatic heterocycles. The van der Waals surface area contributed by atoms with Crippen LogP contribution in [0, 0.1) is 6.92 Å². The number of hydrogen-bond donors (Lipinski definition) is 0. The molecule has 0 spiro atoms. The van der Waals surface area contributed by atoms with Crippen LogP contribution < -0.4 is 0 Å². The van der Waals surface area contributed by atoms with E-state index in [1.807, 2.05) is 36.4 Å². The van der Waals surface area contributed by atoms with Gasteiger partial charge in [-0.1, -0.05) is 41.5 Å². The van der Waals surface area contributed by atoms with E-state index >= 15 is 0 Å². The summed E-state index contributed by atoms with van der Waals surface area (Å²) in [6.45, 7) is 2.08. The van der Waals surface area contributed by atoms with Crippen LogP contribution in [0.5, 0.6) is 0 Å².